The van der Waals surface area contributed by atoms with Crippen molar-refractivity contribution < 1.29 is 9.90 Å². The zero-order valence-corrected chi connectivity index (χ0v) is 19.4. The molecule has 0 amide bonds. The van der Waals surface area contributed by atoms with Gasteiger partial charge in [-0.15, -0.1) is 0 Å². The van der Waals surface area contributed by atoms with Crippen molar-refractivity contribution in [1.29, 1.82) is 0 Å². The molecular formula is C26H32ClN3O2. The van der Waals surface area contributed by atoms with Crippen molar-refractivity contribution >= 4 is 17.6 Å². The number of carbonyl (C=O) groups is 1. The Bertz CT molecular complexity index is 988. The van der Waals surface area contributed by atoms with E-state index in [1.165, 1.54) is 0 Å². The smallest absolute Gasteiger partial charge is 0.320 e. The van der Waals surface area contributed by atoms with Gasteiger partial charge in [-0.3, -0.25) is 4.79 Å². The van der Waals surface area contributed by atoms with Crippen LogP contribution in [-0.2, 0) is 30.6 Å². The molecule has 0 unspecified atom stereocenters. The first kappa shape index (κ1) is 24.0. The molecule has 1 aromatic heterocycles. The molecule has 3 rings (SSSR count). The summed E-state index contributed by atoms with van der Waals surface area (Å²) in [7, 11) is 0. The van der Waals surface area contributed by atoms with Gasteiger partial charge < -0.3 is 15.0 Å². The van der Waals surface area contributed by atoms with Gasteiger partial charge in [-0.2, -0.15) is 0 Å². The largest absolute Gasteiger partial charge is 0.480 e. The van der Waals surface area contributed by atoms with Gasteiger partial charge in [0.1, 0.15) is 11.9 Å². The molecule has 170 valence electrons. The predicted octanol–water partition coefficient (Wildman–Crippen LogP) is 5.15. The minimum absolute atomic E-state index is 0.556. The quantitative estimate of drug-likeness (QED) is 0.375. The summed E-state index contributed by atoms with van der Waals surface area (Å²) in [5.41, 5.74) is 3.31. The summed E-state index contributed by atoms with van der Waals surface area (Å²) in [5.74, 6) is 0.245. The van der Waals surface area contributed by atoms with E-state index in [4.69, 9.17) is 11.6 Å². The lowest BCUT2D eigenvalue weighted by molar-refractivity contribution is -0.139. The number of carboxylic acids is 1. The minimum Gasteiger partial charge on any atom is -0.480 e. The van der Waals surface area contributed by atoms with E-state index in [9.17, 15) is 9.90 Å². The van der Waals surface area contributed by atoms with E-state index in [0.29, 0.717) is 25.9 Å². The number of carboxylic acid groups (broad SMARTS) is 1. The average Bonchev–Trinajstić information content (AvgIpc) is 3.17. The van der Waals surface area contributed by atoms with Crippen LogP contribution in [0.1, 0.15) is 48.8 Å². The Hall–Kier alpha value is -2.63. The average molecular weight is 454 g/mol. The molecule has 0 aliphatic rings. The first-order valence-corrected chi connectivity index (χ1v) is 11.7. The lowest BCUT2D eigenvalue weighted by Crippen LogP contribution is -2.38. The normalized spacial score (nSPS) is 12.1. The highest BCUT2D eigenvalue weighted by atomic mass is 35.5. The van der Waals surface area contributed by atoms with Crippen LogP contribution in [0.3, 0.4) is 0 Å². The third-order valence-corrected chi connectivity index (χ3v) is 6.06. The second-order valence-electron chi connectivity index (χ2n) is 8.07. The lowest BCUT2D eigenvalue weighted by atomic mass is 10.1. The number of imidazole rings is 1. The Morgan fingerprint density at radius 2 is 1.84 bits per heavy atom. The van der Waals surface area contributed by atoms with E-state index >= 15 is 0 Å². The number of rotatable bonds is 13. The maximum absolute atomic E-state index is 11.7. The van der Waals surface area contributed by atoms with Crippen LogP contribution >= 0.6 is 11.6 Å². The van der Waals surface area contributed by atoms with Crippen LogP contribution in [0, 0.1) is 0 Å². The summed E-state index contributed by atoms with van der Waals surface area (Å²) in [5, 5.41) is 13.6. The van der Waals surface area contributed by atoms with Gasteiger partial charge >= 0.3 is 5.97 Å². The minimum atomic E-state index is -0.811. The topological polar surface area (TPSA) is 67.2 Å². The lowest BCUT2D eigenvalue weighted by Gasteiger charge is -2.16. The monoisotopic (exact) mass is 453 g/mol. The van der Waals surface area contributed by atoms with Gasteiger partial charge in [0.05, 0.1) is 6.54 Å². The number of hydrogen-bond donors (Lipinski definition) is 2. The molecule has 5 nitrogen and oxygen atoms in total. The SMILES string of the molecule is CCCCc1ncc(CCN[C@@H](CCc2ccccc2)C(=O)O)n1Cc1ccccc1Cl. The molecule has 0 saturated carbocycles. The van der Waals surface area contributed by atoms with Crippen LogP contribution in [0.25, 0.3) is 0 Å². The summed E-state index contributed by atoms with van der Waals surface area (Å²) in [4.78, 5) is 16.4. The molecule has 1 atom stereocenters. The second-order valence-corrected chi connectivity index (χ2v) is 8.47. The number of nitrogens with one attached hydrogen (secondary N) is 1. The number of aliphatic carboxylic acids is 1. The highest BCUT2D eigenvalue weighted by Crippen LogP contribution is 2.19. The molecule has 2 aromatic carbocycles. The molecule has 32 heavy (non-hydrogen) atoms. The van der Waals surface area contributed by atoms with Crippen LogP contribution in [0.15, 0.2) is 60.8 Å². The molecule has 2 N–H and O–H groups in total. The van der Waals surface area contributed by atoms with Crippen molar-refractivity contribution in [3.05, 3.63) is 88.5 Å². The fourth-order valence-electron chi connectivity index (χ4n) is 3.82. The molecule has 0 saturated heterocycles. The van der Waals surface area contributed by atoms with E-state index in [1.54, 1.807) is 0 Å². The van der Waals surface area contributed by atoms with Crippen molar-refractivity contribution in [2.45, 2.75) is 58.0 Å². The first-order chi connectivity index (χ1) is 15.6. The molecule has 0 radical (unpaired) electrons. The van der Waals surface area contributed by atoms with Crippen LogP contribution < -0.4 is 5.32 Å². The molecule has 1 heterocycles. The van der Waals surface area contributed by atoms with Crippen LogP contribution in [0.2, 0.25) is 5.02 Å². The molecule has 0 bridgehead atoms. The van der Waals surface area contributed by atoms with Crippen molar-refractivity contribution in [2.75, 3.05) is 6.54 Å². The fourth-order valence-corrected chi connectivity index (χ4v) is 4.02. The Morgan fingerprint density at radius 3 is 2.56 bits per heavy atom. The number of aryl methyl sites for hydroxylation is 2. The van der Waals surface area contributed by atoms with Gasteiger partial charge in [0.25, 0.3) is 0 Å². The van der Waals surface area contributed by atoms with Gasteiger partial charge in [0.15, 0.2) is 0 Å². The standard InChI is InChI=1S/C26H32ClN3O2/c1-2-3-13-25-29-18-22(30(25)19-21-11-7-8-12-23(21)27)16-17-28-24(26(31)32)15-14-20-9-5-4-6-10-20/h4-12,18,24,28H,2-3,13-17,19H2,1H3,(H,31,32)/t24-/m0/s1. The summed E-state index contributed by atoms with van der Waals surface area (Å²) in [6.45, 7) is 3.42. The van der Waals surface area contributed by atoms with E-state index in [2.05, 4.69) is 21.8 Å². The Labute approximate surface area is 195 Å². The van der Waals surface area contributed by atoms with Crippen LogP contribution in [0.4, 0.5) is 0 Å². The van der Waals surface area contributed by atoms with Gasteiger partial charge in [-0.1, -0.05) is 73.5 Å². The fraction of sp³-hybridized carbons (Fsp3) is 0.385. The summed E-state index contributed by atoms with van der Waals surface area (Å²) < 4.78 is 2.23. The second kappa shape index (κ2) is 12.4. The number of nitrogens with zero attached hydrogens (tertiary/aromatic N) is 2. The number of halogens is 1. The molecule has 0 spiro atoms. The first-order valence-electron chi connectivity index (χ1n) is 11.3. The number of hydrogen-bond acceptors (Lipinski definition) is 3. The highest BCUT2D eigenvalue weighted by molar-refractivity contribution is 6.31. The van der Waals surface area contributed by atoms with E-state index in [-0.39, 0.29) is 0 Å². The summed E-state index contributed by atoms with van der Waals surface area (Å²) in [6, 6.07) is 17.3. The van der Waals surface area contributed by atoms with Crippen molar-refractivity contribution in [3.63, 3.8) is 0 Å². The van der Waals surface area contributed by atoms with E-state index in [0.717, 1.165) is 53.4 Å². The third-order valence-electron chi connectivity index (χ3n) is 5.70. The predicted molar refractivity (Wildman–Crippen MR) is 129 cm³/mol. The molecule has 0 aliphatic carbocycles. The zero-order valence-electron chi connectivity index (χ0n) is 18.6. The number of benzene rings is 2. The van der Waals surface area contributed by atoms with Gasteiger partial charge in [-0.25, -0.2) is 4.98 Å². The van der Waals surface area contributed by atoms with Crippen LogP contribution in [0.5, 0.6) is 0 Å². The molecule has 0 aliphatic heterocycles. The number of unbranched alkanes of at least 4 members (excludes halogenated alkanes) is 1. The molecular weight excluding hydrogens is 422 g/mol. The van der Waals surface area contributed by atoms with Gasteiger partial charge in [0, 0.05) is 36.3 Å². The zero-order chi connectivity index (χ0) is 22.8. The maximum atomic E-state index is 11.7. The van der Waals surface area contributed by atoms with Crippen molar-refractivity contribution in [1.82, 2.24) is 14.9 Å². The van der Waals surface area contributed by atoms with Crippen molar-refractivity contribution in [3.8, 4) is 0 Å². The maximum Gasteiger partial charge on any atom is 0.320 e. The summed E-state index contributed by atoms with van der Waals surface area (Å²) in [6.07, 6.45) is 7.02. The molecule has 0 fully saturated rings. The third kappa shape index (κ3) is 6.94. The highest BCUT2D eigenvalue weighted by Gasteiger charge is 2.17. The van der Waals surface area contributed by atoms with Crippen LogP contribution in [-0.4, -0.2) is 33.2 Å². The molecule has 3 aromatic rings. The van der Waals surface area contributed by atoms with E-state index in [1.807, 2.05) is 60.8 Å². The van der Waals surface area contributed by atoms with Gasteiger partial charge in [-0.05, 0) is 36.5 Å². The van der Waals surface area contributed by atoms with Crippen molar-refractivity contribution in [2.24, 2.45) is 0 Å². The Morgan fingerprint density at radius 1 is 1.09 bits per heavy atom. The number of aromatic nitrogens is 2. The Kier molecular flexibility index (Phi) is 9.32. The van der Waals surface area contributed by atoms with Gasteiger partial charge in [0.2, 0.25) is 0 Å². The Balaban J connectivity index is 1.64. The van der Waals surface area contributed by atoms with E-state index < -0.39 is 12.0 Å². The summed E-state index contributed by atoms with van der Waals surface area (Å²) >= 11 is 6.40. The molecule has 6 heteroatoms.